The van der Waals surface area contributed by atoms with Gasteiger partial charge in [-0.1, -0.05) is 30.3 Å². The standard InChI is InChI=1S/C14H13N3O2/c1-19-14(18)13-12(16)11(7-15)9-17(13)8-10-5-3-2-4-6-10/h2-6,9H,8,16H2,1H3. The zero-order chi connectivity index (χ0) is 13.8. The van der Waals surface area contributed by atoms with Crippen molar-refractivity contribution in [2.24, 2.45) is 0 Å². The number of rotatable bonds is 3. The van der Waals surface area contributed by atoms with Gasteiger partial charge in [0.15, 0.2) is 5.69 Å². The highest BCUT2D eigenvalue weighted by molar-refractivity contribution is 5.95. The van der Waals surface area contributed by atoms with E-state index in [0.29, 0.717) is 6.54 Å². The molecule has 19 heavy (non-hydrogen) atoms. The molecule has 2 rings (SSSR count). The van der Waals surface area contributed by atoms with Crippen molar-refractivity contribution in [1.82, 2.24) is 4.57 Å². The number of hydrogen-bond donors (Lipinski definition) is 1. The number of carbonyl (C=O) groups is 1. The Labute approximate surface area is 110 Å². The number of nitrogens with two attached hydrogens (primary N) is 1. The molecular weight excluding hydrogens is 242 g/mol. The lowest BCUT2D eigenvalue weighted by atomic mass is 10.2. The van der Waals surface area contributed by atoms with Gasteiger partial charge < -0.3 is 15.0 Å². The summed E-state index contributed by atoms with van der Waals surface area (Å²) < 4.78 is 6.34. The lowest BCUT2D eigenvalue weighted by Crippen LogP contribution is -2.12. The minimum Gasteiger partial charge on any atom is -0.464 e. The summed E-state index contributed by atoms with van der Waals surface area (Å²) in [6.07, 6.45) is 1.56. The number of nitriles is 1. The molecule has 0 atom stereocenters. The summed E-state index contributed by atoms with van der Waals surface area (Å²) >= 11 is 0. The molecule has 0 aliphatic carbocycles. The first-order chi connectivity index (χ1) is 9.17. The number of benzene rings is 1. The highest BCUT2D eigenvalue weighted by Gasteiger charge is 2.20. The third-order valence-corrected chi connectivity index (χ3v) is 2.81. The van der Waals surface area contributed by atoms with Crippen LogP contribution >= 0.6 is 0 Å². The average molecular weight is 255 g/mol. The van der Waals surface area contributed by atoms with Gasteiger partial charge in [-0.15, -0.1) is 0 Å². The maximum atomic E-state index is 11.7. The van der Waals surface area contributed by atoms with Gasteiger partial charge in [0.1, 0.15) is 6.07 Å². The van der Waals surface area contributed by atoms with E-state index in [1.807, 2.05) is 36.4 Å². The molecule has 0 spiro atoms. The van der Waals surface area contributed by atoms with Crippen molar-refractivity contribution in [1.29, 1.82) is 5.26 Å². The van der Waals surface area contributed by atoms with E-state index in [1.165, 1.54) is 7.11 Å². The second-order valence-corrected chi connectivity index (χ2v) is 4.02. The van der Waals surface area contributed by atoms with Crippen LogP contribution < -0.4 is 5.73 Å². The Morgan fingerprint density at radius 3 is 2.68 bits per heavy atom. The summed E-state index contributed by atoms with van der Waals surface area (Å²) in [6, 6.07) is 11.6. The molecule has 5 nitrogen and oxygen atoms in total. The number of anilines is 1. The summed E-state index contributed by atoms with van der Waals surface area (Å²) in [5.74, 6) is -0.546. The van der Waals surface area contributed by atoms with E-state index in [0.717, 1.165) is 5.56 Å². The van der Waals surface area contributed by atoms with Gasteiger partial charge in [-0.05, 0) is 5.56 Å². The van der Waals surface area contributed by atoms with Crippen molar-refractivity contribution in [2.75, 3.05) is 12.8 Å². The first-order valence-electron chi connectivity index (χ1n) is 5.68. The number of ether oxygens (including phenoxy) is 1. The van der Waals surface area contributed by atoms with Crippen LogP contribution in [-0.2, 0) is 11.3 Å². The highest BCUT2D eigenvalue weighted by Crippen LogP contribution is 2.21. The van der Waals surface area contributed by atoms with Crippen molar-refractivity contribution in [3.63, 3.8) is 0 Å². The number of nitrogen functional groups attached to an aromatic ring is 1. The van der Waals surface area contributed by atoms with Crippen molar-refractivity contribution >= 4 is 11.7 Å². The Bertz CT molecular complexity index is 639. The Morgan fingerprint density at radius 2 is 2.11 bits per heavy atom. The van der Waals surface area contributed by atoms with Gasteiger partial charge in [-0.3, -0.25) is 0 Å². The minimum absolute atomic E-state index is 0.158. The molecule has 96 valence electrons. The van der Waals surface area contributed by atoms with Gasteiger partial charge in [-0.25, -0.2) is 4.79 Å². The zero-order valence-corrected chi connectivity index (χ0v) is 10.5. The highest BCUT2D eigenvalue weighted by atomic mass is 16.5. The van der Waals surface area contributed by atoms with Crippen LogP contribution in [0.4, 0.5) is 5.69 Å². The molecule has 0 aliphatic heterocycles. The fourth-order valence-electron chi connectivity index (χ4n) is 1.89. The topological polar surface area (TPSA) is 81.0 Å². The molecule has 0 bridgehead atoms. The molecule has 2 N–H and O–H groups in total. The van der Waals surface area contributed by atoms with E-state index in [2.05, 4.69) is 0 Å². The number of aromatic nitrogens is 1. The van der Waals surface area contributed by atoms with Crippen molar-refractivity contribution in [3.8, 4) is 6.07 Å². The van der Waals surface area contributed by atoms with E-state index in [4.69, 9.17) is 15.7 Å². The molecule has 1 aromatic carbocycles. The number of hydrogen-bond acceptors (Lipinski definition) is 4. The van der Waals surface area contributed by atoms with Gasteiger partial charge in [0.05, 0.1) is 18.4 Å². The first-order valence-corrected chi connectivity index (χ1v) is 5.68. The minimum atomic E-state index is -0.546. The SMILES string of the molecule is COC(=O)c1c(N)c(C#N)cn1Cc1ccccc1. The Hall–Kier alpha value is -2.74. The van der Waals surface area contributed by atoms with Crippen molar-refractivity contribution in [2.45, 2.75) is 6.54 Å². The largest absolute Gasteiger partial charge is 0.464 e. The van der Waals surface area contributed by atoms with E-state index in [1.54, 1.807) is 10.8 Å². The Kier molecular flexibility index (Phi) is 3.53. The fourth-order valence-corrected chi connectivity index (χ4v) is 1.89. The predicted molar refractivity (Wildman–Crippen MR) is 70.4 cm³/mol. The van der Waals surface area contributed by atoms with Crippen LogP contribution in [0.1, 0.15) is 21.6 Å². The summed E-state index contributed by atoms with van der Waals surface area (Å²) in [5.41, 5.74) is 7.45. The second kappa shape index (κ2) is 5.27. The molecule has 0 saturated heterocycles. The first kappa shape index (κ1) is 12.7. The van der Waals surface area contributed by atoms with Gasteiger partial charge in [0, 0.05) is 12.7 Å². The van der Waals surface area contributed by atoms with Gasteiger partial charge in [0.2, 0.25) is 0 Å². The quantitative estimate of drug-likeness (QED) is 0.847. The summed E-state index contributed by atoms with van der Waals surface area (Å²) in [6.45, 7) is 0.456. The van der Waals surface area contributed by atoms with Crippen LogP contribution in [0, 0.1) is 11.3 Å². The second-order valence-electron chi connectivity index (χ2n) is 4.02. The molecule has 0 fully saturated rings. The molecule has 0 amide bonds. The van der Waals surface area contributed by atoms with Gasteiger partial charge >= 0.3 is 5.97 Å². The fraction of sp³-hybridized carbons (Fsp3) is 0.143. The Morgan fingerprint density at radius 1 is 1.42 bits per heavy atom. The van der Waals surface area contributed by atoms with Gasteiger partial charge in [0.25, 0.3) is 0 Å². The lowest BCUT2D eigenvalue weighted by Gasteiger charge is -2.08. The third-order valence-electron chi connectivity index (χ3n) is 2.81. The van der Waals surface area contributed by atoms with Crippen LogP contribution in [0.3, 0.4) is 0 Å². The zero-order valence-electron chi connectivity index (χ0n) is 10.5. The maximum Gasteiger partial charge on any atom is 0.356 e. The van der Waals surface area contributed by atoms with Crippen molar-refractivity contribution in [3.05, 3.63) is 53.3 Å². The van der Waals surface area contributed by atoms with Crippen LogP contribution in [0.5, 0.6) is 0 Å². The smallest absolute Gasteiger partial charge is 0.356 e. The van der Waals surface area contributed by atoms with E-state index < -0.39 is 5.97 Å². The van der Waals surface area contributed by atoms with E-state index in [9.17, 15) is 4.79 Å². The molecule has 0 radical (unpaired) electrons. The molecule has 1 aromatic heterocycles. The maximum absolute atomic E-state index is 11.7. The van der Waals surface area contributed by atoms with E-state index >= 15 is 0 Å². The van der Waals surface area contributed by atoms with Crippen LogP contribution in [0.2, 0.25) is 0 Å². The lowest BCUT2D eigenvalue weighted by molar-refractivity contribution is 0.0590. The van der Waals surface area contributed by atoms with E-state index in [-0.39, 0.29) is 16.9 Å². The predicted octanol–water partition coefficient (Wildman–Crippen LogP) is 1.78. The molecule has 5 heteroatoms. The average Bonchev–Trinajstić information content (AvgIpc) is 2.75. The van der Waals surface area contributed by atoms with Crippen LogP contribution in [-0.4, -0.2) is 17.6 Å². The van der Waals surface area contributed by atoms with Gasteiger partial charge in [-0.2, -0.15) is 5.26 Å². The molecule has 1 heterocycles. The summed E-state index contributed by atoms with van der Waals surface area (Å²) in [4.78, 5) is 11.7. The third kappa shape index (κ3) is 2.43. The monoisotopic (exact) mass is 255 g/mol. The molecule has 0 unspecified atom stereocenters. The number of nitrogens with zero attached hydrogens (tertiary/aromatic N) is 2. The van der Waals surface area contributed by atoms with Crippen molar-refractivity contribution < 1.29 is 9.53 Å². The summed E-state index contributed by atoms with van der Waals surface area (Å²) in [5, 5.41) is 8.98. The molecule has 2 aromatic rings. The number of esters is 1. The van der Waals surface area contributed by atoms with Crippen LogP contribution in [0.25, 0.3) is 0 Å². The molecule has 0 saturated carbocycles. The van der Waals surface area contributed by atoms with Crippen LogP contribution in [0.15, 0.2) is 36.5 Å². The molecular formula is C14H13N3O2. The normalized spacial score (nSPS) is 9.89. The Balaban J connectivity index is 2.45. The number of methoxy groups -OCH3 is 1. The molecule has 0 aliphatic rings. The number of carbonyl (C=O) groups excluding carboxylic acids is 1. The summed E-state index contributed by atoms with van der Waals surface area (Å²) in [7, 11) is 1.29.